The molecular weight excluding hydrogens is 466 g/mol. The van der Waals surface area contributed by atoms with Crippen LogP contribution < -0.4 is 0 Å². The first-order valence-corrected chi connectivity index (χ1v) is 11.7. The molecule has 2 amide bonds. The average Bonchev–Trinajstić information content (AvgIpc) is 2.98. The number of ether oxygens (including phenoxy) is 4. The Hall–Kier alpha value is -2.92. The van der Waals surface area contributed by atoms with Gasteiger partial charge >= 0.3 is 17.9 Å². The fourth-order valence-electron chi connectivity index (χ4n) is 4.02. The Morgan fingerprint density at radius 2 is 1.47 bits per heavy atom. The van der Waals surface area contributed by atoms with E-state index < -0.39 is 59.5 Å². The van der Waals surface area contributed by atoms with Crippen molar-refractivity contribution in [1.29, 1.82) is 0 Å². The van der Waals surface area contributed by atoms with Crippen molar-refractivity contribution in [3.05, 3.63) is 35.4 Å². The lowest BCUT2D eigenvalue weighted by Gasteiger charge is -2.47. The van der Waals surface area contributed by atoms with E-state index in [0.29, 0.717) is 0 Å². The summed E-state index contributed by atoms with van der Waals surface area (Å²) in [6.07, 6.45) is -3.49. The van der Waals surface area contributed by atoms with Gasteiger partial charge < -0.3 is 18.9 Å². The second-order valence-corrected chi connectivity index (χ2v) is 9.87. The van der Waals surface area contributed by atoms with Crippen LogP contribution >= 0.6 is 11.8 Å². The summed E-state index contributed by atoms with van der Waals surface area (Å²) in [5.74, 6) is -3.12. The van der Waals surface area contributed by atoms with Crippen LogP contribution in [0.3, 0.4) is 0 Å². The molecule has 3 rings (SSSR count). The number of hydrogen-bond donors (Lipinski definition) is 0. The number of fused-ring (bicyclic) bond motifs is 1. The third-order valence-electron chi connectivity index (χ3n) is 5.20. The van der Waals surface area contributed by atoms with Crippen molar-refractivity contribution in [2.45, 2.75) is 69.7 Å². The number of rotatable bonds is 7. The number of carbonyl (C=O) groups excluding carboxylic acids is 5. The highest BCUT2D eigenvalue weighted by Gasteiger charge is 2.56. The second-order valence-electron chi connectivity index (χ2n) is 8.19. The molecule has 0 spiro atoms. The van der Waals surface area contributed by atoms with Gasteiger partial charge in [0.25, 0.3) is 11.8 Å². The smallest absolute Gasteiger partial charge is 0.303 e. The topological polar surface area (TPSA) is 126 Å². The van der Waals surface area contributed by atoms with Crippen LogP contribution in [0.1, 0.15) is 55.3 Å². The van der Waals surface area contributed by atoms with Crippen molar-refractivity contribution in [2.75, 3.05) is 6.61 Å². The van der Waals surface area contributed by atoms with Gasteiger partial charge in [0.1, 0.15) is 24.2 Å². The molecule has 1 fully saturated rings. The molecule has 2 heterocycles. The van der Waals surface area contributed by atoms with Gasteiger partial charge in [-0.3, -0.25) is 28.9 Å². The number of amides is 2. The van der Waals surface area contributed by atoms with E-state index >= 15 is 0 Å². The Morgan fingerprint density at radius 1 is 0.941 bits per heavy atom. The Balaban J connectivity index is 2.10. The van der Waals surface area contributed by atoms with Crippen molar-refractivity contribution in [3.63, 3.8) is 0 Å². The van der Waals surface area contributed by atoms with Crippen LogP contribution in [0.15, 0.2) is 24.3 Å². The zero-order chi connectivity index (χ0) is 25.2. The minimum Gasteiger partial charge on any atom is -0.463 e. The Labute approximate surface area is 201 Å². The lowest BCUT2D eigenvalue weighted by molar-refractivity contribution is -0.217. The monoisotopic (exact) mass is 493 g/mol. The molecule has 0 N–H and O–H groups in total. The largest absolute Gasteiger partial charge is 0.463 e. The lowest BCUT2D eigenvalue weighted by Crippen LogP contribution is -2.66. The first-order valence-electron chi connectivity index (χ1n) is 10.8. The molecule has 0 bridgehead atoms. The van der Waals surface area contributed by atoms with E-state index in [1.165, 1.54) is 44.7 Å². The SMILES string of the molecule is CC(=O)OC[C@H]1O[C@@H](SC(C)C)[C@H](N2C(=O)c3ccccc3C2=O)[C@@H](OC(C)=O)[C@@H]1OC(C)=O. The molecule has 2 aliphatic rings. The molecule has 1 aromatic carbocycles. The molecule has 11 heteroatoms. The van der Waals surface area contributed by atoms with Crippen LogP contribution in [-0.2, 0) is 33.3 Å². The third kappa shape index (κ3) is 5.41. The van der Waals surface area contributed by atoms with E-state index in [1.807, 2.05) is 13.8 Å². The van der Waals surface area contributed by atoms with Crippen LogP contribution in [-0.4, -0.2) is 76.3 Å². The highest BCUT2D eigenvalue weighted by molar-refractivity contribution is 8.00. The Morgan fingerprint density at radius 3 is 1.94 bits per heavy atom. The lowest BCUT2D eigenvalue weighted by atomic mass is 9.96. The molecule has 2 aliphatic heterocycles. The minimum atomic E-state index is -1.26. The van der Waals surface area contributed by atoms with E-state index in [-0.39, 0.29) is 23.0 Å². The summed E-state index contributed by atoms with van der Waals surface area (Å²) in [6, 6.07) is 5.26. The van der Waals surface area contributed by atoms with Gasteiger partial charge in [-0.15, -0.1) is 11.8 Å². The molecular formula is C23H27NO9S. The van der Waals surface area contributed by atoms with Crippen LogP contribution in [0.5, 0.6) is 0 Å². The van der Waals surface area contributed by atoms with E-state index in [0.717, 1.165) is 4.90 Å². The molecule has 184 valence electrons. The number of benzene rings is 1. The maximum absolute atomic E-state index is 13.3. The van der Waals surface area contributed by atoms with Crippen molar-refractivity contribution in [3.8, 4) is 0 Å². The zero-order valence-corrected chi connectivity index (χ0v) is 20.3. The minimum absolute atomic E-state index is 0.0136. The number of imide groups is 1. The van der Waals surface area contributed by atoms with Crippen molar-refractivity contribution < 1.29 is 42.9 Å². The normalized spacial score (nSPS) is 26.3. The highest BCUT2D eigenvalue weighted by Crippen LogP contribution is 2.39. The van der Waals surface area contributed by atoms with Gasteiger partial charge in [0.15, 0.2) is 12.2 Å². The molecule has 0 aromatic heterocycles. The summed E-state index contributed by atoms with van der Waals surface area (Å²) in [4.78, 5) is 63.1. The molecule has 1 aromatic rings. The van der Waals surface area contributed by atoms with E-state index in [9.17, 15) is 24.0 Å². The van der Waals surface area contributed by atoms with Gasteiger partial charge in [-0.1, -0.05) is 26.0 Å². The maximum atomic E-state index is 13.3. The van der Waals surface area contributed by atoms with Crippen molar-refractivity contribution in [2.24, 2.45) is 0 Å². The summed E-state index contributed by atoms with van der Waals surface area (Å²) in [7, 11) is 0. The standard InChI is InChI=1S/C23H27NO9S/c1-11(2)34-23-18(24-21(28)15-8-6-7-9-16(15)22(24)29)20(32-14(5)27)19(31-13(4)26)17(33-23)10-30-12(3)25/h6-9,11,17-20,23H,10H2,1-5H3/t17-,18-,19-,20-,23+/m1/s1. The highest BCUT2D eigenvalue weighted by atomic mass is 32.2. The van der Waals surface area contributed by atoms with E-state index in [2.05, 4.69) is 0 Å². The van der Waals surface area contributed by atoms with E-state index in [4.69, 9.17) is 18.9 Å². The van der Waals surface area contributed by atoms with Gasteiger partial charge in [-0.2, -0.15) is 0 Å². The molecule has 0 radical (unpaired) electrons. The number of nitrogens with zero attached hydrogens (tertiary/aromatic N) is 1. The molecule has 34 heavy (non-hydrogen) atoms. The van der Waals surface area contributed by atoms with Gasteiger partial charge in [-0.25, -0.2) is 0 Å². The van der Waals surface area contributed by atoms with E-state index in [1.54, 1.807) is 12.1 Å². The number of hydrogen-bond acceptors (Lipinski definition) is 10. The first-order chi connectivity index (χ1) is 16.0. The summed E-state index contributed by atoms with van der Waals surface area (Å²) in [5.41, 5.74) is -0.430. The number of carbonyl (C=O) groups is 5. The summed E-state index contributed by atoms with van der Waals surface area (Å²) < 4.78 is 22.3. The van der Waals surface area contributed by atoms with Crippen LogP contribution in [0, 0.1) is 0 Å². The fourth-order valence-corrected chi connectivity index (χ4v) is 5.20. The fraction of sp³-hybridized carbons (Fsp3) is 0.522. The second kappa shape index (κ2) is 10.6. The Kier molecular flexibility index (Phi) is 7.98. The predicted molar refractivity (Wildman–Crippen MR) is 120 cm³/mol. The van der Waals surface area contributed by atoms with Crippen LogP contribution in [0.2, 0.25) is 0 Å². The molecule has 1 saturated heterocycles. The van der Waals surface area contributed by atoms with Gasteiger partial charge in [-0.05, 0) is 12.1 Å². The van der Waals surface area contributed by atoms with Gasteiger partial charge in [0.05, 0.1) is 11.1 Å². The van der Waals surface area contributed by atoms with Crippen molar-refractivity contribution >= 4 is 41.5 Å². The molecule has 5 atom stereocenters. The zero-order valence-electron chi connectivity index (χ0n) is 19.5. The average molecular weight is 494 g/mol. The molecule has 0 aliphatic carbocycles. The summed E-state index contributed by atoms with van der Waals surface area (Å²) >= 11 is 1.30. The number of esters is 3. The summed E-state index contributed by atoms with van der Waals surface area (Å²) in [5, 5.41) is -0.0136. The number of thioether (sulfide) groups is 1. The van der Waals surface area contributed by atoms with Gasteiger partial charge in [0, 0.05) is 26.0 Å². The molecule has 10 nitrogen and oxygen atoms in total. The Bertz CT molecular complexity index is 959. The molecule has 0 saturated carbocycles. The van der Waals surface area contributed by atoms with Crippen LogP contribution in [0.25, 0.3) is 0 Å². The van der Waals surface area contributed by atoms with Crippen molar-refractivity contribution in [1.82, 2.24) is 4.90 Å². The van der Waals surface area contributed by atoms with Crippen LogP contribution in [0.4, 0.5) is 0 Å². The third-order valence-corrected chi connectivity index (χ3v) is 6.40. The van der Waals surface area contributed by atoms with Gasteiger partial charge in [0.2, 0.25) is 0 Å². The summed E-state index contributed by atoms with van der Waals surface area (Å²) in [6.45, 7) is 7.07. The quantitative estimate of drug-likeness (QED) is 0.316. The maximum Gasteiger partial charge on any atom is 0.303 e. The predicted octanol–water partition coefficient (Wildman–Crippen LogP) is 1.94. The molecule has 0 unspecified atom stereocenters. The first kappa shape index (κ1) is 25.7.